The second-order valence-corrected chi connectivity index (χ2v) is 2.87. The minimum Gasteiger partial charge on any atom is -0.394 e. The summed E-state index contributed by atoms with van der Waals surface area (Å²) in [4.78, 5) is 13.3. The van der Waals surface area contributed by atoms with E-state index in [0.717, 1.165) is 0 Å². The minimum atomic E-state index is -1.36. The Morgan fingerprint density at radius 2 is 2.14 bits per heavy atom. The lowest BCUT2D eigenvalue weighted by atomic mass is 10.0. The summed E-state index contributed by atoms with van der Waals surface area (Å²) in [5.41, 5.74) is 4.79. The highest BCUT2D eigenvalue weighted by Gasteiger charge is 2.20. The molecule has 0 saturated heterocycles. The lowest BCUT2D eigenvalue weighted by Crippen LogP contribution is -2.25. The average molecular weight is 200 g/mol. The summed E-state index contributed by atoms with van der Waals surface area (Å²) in [5, 5.41) is 27.2. The van der Waals surface area contributed by atoms with Crippen LogP contribution in [0.4, 0.5) is 5.69 Å². The molecule has 0 radical (unpaired) electrons. The molecule has 6 nitrogen and oxygen atoms in total. The van der Waals surface area contributed by atoms with Crippen molar-refractivity contribution in [3.63, 3.8) is 0 Å². The van der Waals surface area contributed by atoms with Crippen LogP contribution in [0.25, 0.3) is 0 Å². The van der Waals surface area contributed by atoms with E-state index in [4.69, 9.17) is 15.9 Å². The number of aliphatic hydroxyl groups is 3. The van der Waals surface area contributed by atoms with Crippen LogP contribution >= 0.6 is 0 Å². The van der Waals surface area contributed by atoms with Crippen LogP contribution in [-0.2, 0) is 0 Å². The van der Waals surface area contributed by atoms with Gasteiger partial charge in [-0.3, -0.25) is 4.79 Å². The fourth-order valence-electron chi connectivity index (χ4n) is 1.07. The van der Waals surface area contributed by atoms with Crippen molar-refractivity contribution in [2.75, 3.05) is 12.3 Å². The van der Waals surface area contributed by atoms with E-state index in [1.807, 2.05) is 0 Å². The Hall–Kier alpha value is -1.37. The molecule has 14 heavy (non-hydrogen) atoms. The zero-order valence-corrected chi connectivity index (χ0v) is 7.34. The molecule has 0 fully saturated rings. The van der Waals surface area contributed by atoms with Gasteiger partial charge in [-0.15, -0.1) is 0 Å². The normalized spacial score (nSPS) is 15.1. The van der Waals surface area contributed by atoms with Crippen LogP contribution in [-0.4, -0.2) is 33.0 Å². The topological polar surface area (TPSA) is 120 Å². The fraction of sp³-hybridized carbons (Fsp3) is 0.375. The maximum absolute atomic E-state index is 11.0. The molecular formula is C8H12N2O4. The predicted molar refractivity (Wildman–Crippen MR) is 49.5 cm³/mol. The summed E-state index contributed by atoms with van der Waals surface area (Å²) in [6, 6.07) is 1.38. The molecule has 2 atom stereocenters. The number of hydrogen-bond donors (Lipinski definition) is 5. The highest BCUT2D eigenvalue weighted by atomic mass is 16.4. The van der Waals surface area contributed by atoms with Gasteiger partial charge in [0.1, 0.15) is 17.9 Å². The number of aliphatic hydroxyl groups excluding tert-OH is 3. The molecule has 0 bridgehead atoms. The van der Waals surface area contributed by atoms with Gasteiger partial charge in [0.05, 0.1) is 6.61 Å². The second kappa shape index (κ2) is 4.23. The van der Waals surface area contributed by atoms with E-state index in [1.54, 1.807) is 0 Å². The highest BCUT2D eigenvalue weighted by molar-refractivity contribution is 5.45. The summed E-state index contributed by atoms with van der Waals surface area (Å²) >= 11 is 0. The lowest BCUT2D eigenvalue weighted by Gasteiger charge is -2.16. The zero-order chi connectivity index (χ0) is 10.7. The summed E-state index contributed by atoms with van der Waals surface area (Å²) in [6.07, 6.45) is -1.40. The van der Waals surface area contributed by atoms with Crippen molar-refractivity contribution in [2.24, 2.45) is 0 Å². The van der Waals surface area contributed by atoms with Gasteiger partial charge >= 0.3 is 0 Å². The van der Waals surface area contributed by atoms with Crippen molar-refractivity contribution >= 4 is 5.69 Å². The standard InChI is InChI=1S/C8H12N2O4/c9-6-4(1-2-10-8(6)14)7(13)5(12)3-11/h1-2,5,7,11-13H,3,9H2,(H,10,14). The summed E-state index contributed by atoms with van der Waals surface area (Å²) < 4.78 is 0. The summed E-state index contributed by atoms with van der Waals surface area (Å²) in [7, 11) is 0. The number of anilines is 1. The van der Waals surface area contributed by atoms with Crippen molar-refractivity contribution in [3.8, 4) is 0 Å². The number of hydrogen-bond acceptors (Lipinski definition) is 5. The molecule has 0 aliphatic heterocycles. The minimum absolute atomic E-state index is 0.107. The monoisotopic (exact) mass is 200 g/mol. The van der Waals surface area contributed by atoms with Gasteiger partial charge in [-0.05, 0) is 6.07 Å². The molecule has 2 unspecified atom stereocenters. The number of nitrogen functional groups attached to an aromatic ring is 1. The van der Waals surface area contributed by atoms with Gasteiger partial charge in [-0.2, -0.15) is 0 Å². The van der Waals surface area contributed by atoms with Crippen molar-refractivity contribution in [3.05, 3.63) is 28.2 Å². The first kappa shape index (κ1) is 10.7. The maximum atomic E-state index is 11.0. The van der Waals surface area contributed by atoms with Crippen LogP contribution in [0.5, 0.6) is 0 Å². The van der Waals surface area contributed by atoms with Crippen LogP contribution < -0.4 is 11.3 Å². The molecule has 78 valence electrons. The first-order chi connectivity index (χ1) is 6.57. The number of aromatic nitrogens is 1. The molecule has 1 rings (SSSR count). The predicted octanol–water partition coefficient (Wildman–Crippen LogP) is -1.66. The number of rotatable bonds is 3. The van der Waals surface area contributed by atoms with E-state index in [1.165, 1.54) is 12.3 Å². The summed E-state index contributed by atoms with van der Waals surface area (Å²) in [5.74, 6) is 0. The third kappa shape index (κ3) is 1.92. The quantitative estimate of drug-likeness (QED) is 0.400. The Kier molecular flexibility index (Phi) is 3.23. The third-order valence-electron chi connectivity index (χ3n) is 1.90. The number of pyridine rings is 1. The van der Waals surface area contributed by atoms with Crippen LogP contribution in [0.3, 0.4) is 0 Å². The largest absolute Gasteiger partial charge is 0.394 e. The molecule has 6 heteroatoms. The maximum Gasteiger partial charge on any atom is 0.271 e. The highest BCUT2D eigenvalue weighted by Crippen LogP contribution is 2.19. The SMILES string of the molecule is Nc1c(C(O)C(O)CO)cc[nH]c1=O. The number of nitrogens with one attached hydrogen (secondary N) is 1. The van der Waals surface area contributed by atoms with Gasteiger partial charge in [0.25, 0.3) is 5.56 Å². The molecule has 0 amide bonds. The zero-order valence-electron chi connectivity index (χ0n) is 7.34. The molecule has 0 saturated carbocycles. The first-order valence-corrected chi connectivity index (χ1v) is 4.02. The van der Waals surface area contributed by atoms with Crippen molar-refractivity contribution < 1.29 is 15.3 Å². The van der Waals surface area contributed by atoms with Crippen LogP contribution in [0.2, 0.25) is 0 Å². The van der Waals surface area contributed by atoms with Crippen molar-refractivity contribution in [1.29, 1.82) is 0 Å². The Labute approximate surface area is 79.6 Å². The second-order valence-electron chi connectivity index (χ2n) is 2.87. The van der Waals surface area contributed by atoms with E-state index in [0.29, 0.717) is 0 Å². The Morgan fingerprint density at radius 1 is 1.50 bits per heavy atom. The smallest absolute Gasteiger partial charge is 0.271 e. The van der Waals surface area contributed by atoms with Gasteiger partial charge in [-0.1, -0.05) is 0 Å². The molecule has 1 aromatic rings. The van der Waals surface area contributed by atoms with Gasteiger partial charge in [0.15, 0.2) is 0 Å². The number of H-pyrrole nitrogens is 1. The van der Waals surface area contributed by atoms with Crippen LogP contribution in [0, 0.1) is 0 Å². The van der Waals surface area contributed by atoms with Gasteiger partial charge < -0.3 is 26.0 Å². The molecule has 0 aromatic carbocycles. The van der Waals surface area contributed by atoms with Crippen LogP contribution in [0.15, 0.2) is 17.1 Å². The lowest BCUT2D eigenvalue weighted by molar-refractivity contribution is -0.0149. The van der Waals surface area contributed by atoms with Crippen LogP contribution in [0.1, 0.15) is 11.7 Å². The molecule has 1 heterocycles. The fourth-order valence-corrected chi connectivity index (χ4v) is 1.07. The Balaban J connectivity index is 3.07. The van der Waals surface area contributed by atoms with Gasteiger partial charge in [0.2, 0.25) is 0 Å². The third-order valence-corrected chi connectivity index (χ3v) is 1.90. The average Bonchev–Trinajstić information content (AvgIpc) is 2.20. The van der Waals surface area contributed by atoms with Crippen molar-refractivity contribution in [1.82, 2.24) is 4.98 Å². The molecule has 1 aromatic heterocycles. The molecule has 6 N–H and O–H groups in total. The first-order valence-electron chi connectivity index (χ1n) is 4.02. The molecule has 0 aliphatic rings. The molecule has 0 spiro atoms. The van der Waals surface area contributed by atoms with E-state index < -0.39 is 24.4 Å². The van der Waals surface area contributed by atoms with E-state index in [2.05, 4.69) is 4.98 Å². The van der Waals surface area contributed by atoms with Gasteiger partial charge in [0, 0.05) is 11.8 Å². The summed E-state index contributed by atoms with van der Waals surface area (Å²) in [6.45, 7) is -0.604. The number of aromatic amines is 1. The van der Waals surface area contributed by atoms with E-state index in [9.17, 15) is 9.90 Å². The molecular weight excluding hydrogens is 188 g/mol. The molecule has 0 aliphatic carbocycles. The van der Waals surface area contributed by atoms with Gasteiger partial charge in [-0.25, -0.2) is 0 Å². The Bertz CT molecular complexity index is 363. The Morgan fingerprint density at radius 3 is 2.71 bits per heavy atom. The van der Waals surface area contributed by atoms with Crippen molar-refractivity contribution in [2.45, 2.75) is 12.2 Å². The van der Waals surface area contributed by atoms with E-state index >= 15 is 0 Å². The number of nitrogens with two attached hydrogens (primary N) is 1. The van der Waals surface area contributed by atoms with E-state index in [-0.39, 0.29) is 11.3 Å².